The molecule has 2 atom stereocenters. The minimum absolute atomic E-state index is 0. The minimum atomic E-state index is -3.55. The summed E-state index contributed by atoms with van der Waals surface area (Å²) in [6, 6.07) is 29.2. The van der Waals surface area contributed by atoms with Gasteiger partial charge in [-0.15, -0.1) is 0 Å². The molecule has 0 aliphatic rings. The van der Waals surface area contributed by atoms with E-state index in [-0.39, 0.29) is 34.9 Å². The Bertz CT molecular complexity index is 2590. The third-order valence-corrected chi connectivity index (χ3v) is 12.2. The summed E-state index contributed by atoms with van der Waals surface area (Å²) in [5.41, 5.74) is 1.48. The molecule has 2 heterocycles. The number of carboxylic acid groups (broad SMARTS) is 2. The maximum absolute atomic E-state index is 11.5. The van der Waals surface area contributed by atoms with Crippen molar-refractivity contribution in [2.24, 2.45) is 11.8 Å². The summed E-state index contributed by atoms with van der Waals surface area (Å²) in [5, 5.41) is 24.8. The second-order valence-electron chi connectivity index (χ2n) is 16.8. The Morgan fingerprint density at radius 3 is 1.17 bits per heavy atom. The van der Waals surface area contributed by atoms with E-state index in [4.69, 9.17) is 17.8 Å². The summed E-state index contributed by atoms with van der Waals surface area (Å²) in [5.74, 6) is -1.35. The largest absolute Gasteiger partial charge is 2.00 e. The molecule has 2 unspecified atom stereocenters. The second kappa shape index (κ2) is 21.8. The van der Waals surface area contributed by atoms with Crippen LogP contribution < -0.4 is 28.1 Å². The first-order valence-corrected chi connectivity index (χ1v) is 24.5. The summed E-state index contributed by atoms with van der Waals surface area (Å²) in [6.07, 6.45) is 9.47. The number of carboxylic acids is 2. The van der Waals surface area contributed by atoms with Crippen molar-refractivity contribution in [3.05, 3.63) is 121 Å². The molecule has 344 valence electrons. The fourth-order valence-electron chi connectivity index (χ4n) is 6.84. The zero-order chi connectivity index (χ0) is 47.0. The number of benzene rings is 4. The predicted octanol–water partition coefficient (Wildman–Crippen LogP) is 5.93. The van der Waals surface area contributed by atoms with Gasteiger partial charge in [-0.05, 0) is 135 Å². The topological polar surface area (TPSA) is 195 Å². The van der Waals surface area contributed by atoms with Gasteiger partial charge in [-0.25, -0.2) is 0 Å². The van der Waals surface area contributed by atoms with Crippen LogP contribution in [-0.2, 0) is 55.8 Å². The van der Waals surface area contributed by atoms with E-state index in [9.17, 15) is 36.6 Å². The average molecular weight is 941 g/mol. The quantitative estimate of drug-likeness (QED) is 0.0648. The van der Waals surface area contributed by atoms with Gasteiger partial charge in [-0.3, -0.25) is 0 Å². The van der Waals surface area contributed by atoms with Gasteiger partial charge in [0, 0.05) is 47.3 Å². The number of aryl methyl sites for hydroxylation is 4. The molecule has 0 saturated heterocycles. The molecule has 0 aliphatic heterocycles. The molecule has 0 N–H and O–H groups in total. The normalized spacial score (nSPS) is 13.6. The van der Waals surface area contributed by atoms with Crippen LogP contribution in [-0.4, -0.2) is 84.7 Å². The van der Waals surface area contributed by atoms with Gasteiger partial charge in [-0.2, -0.15) is 16.8 Å². The number of rotatable bonds is 20. The van der Waals surface area contributed by atoms with E-state index in [1.54, 1.807) is 76.2 Å². The monoisotopic (exact) mass is 940 g/mol. The molecular formula is C48H56MgN2O12S2. The molecule has 17 heteroatoms. The van der Waals surface area contributed by atoms with E-state index < -0.39 is 43.4 Å². The number of aromatic nitrogens is 2. The minimum Gasteiger partial charge on any atom is -0.546 e. The van der Waals surface area contributed by atoms with Crippen molar-refractivity contribution in [2.45, 2.75) is 91.5 Å². The van der Waals surface area contributed by atoms with Gasteiger partial charge in [0.2, 0.25) is 0 Å². The molecule has 6 rings (SSSR count). The second-order valence-corrected chi connectivity index (χ2v) is 20.0. The van der Waals surface area contributed by atoms with Crippen LogP contribution in [0.15, 0.2) is 109 Å². The van der Waals surface area contributed by atoms with Crippen molar-refractivity contribution in [1.29, 1.82) is 0 Å². The Labute approximate surface area is 397 Å². The Morgan fingerprint density at radius 2 is 0.877 bits per heavy atom. The Kier molecular flexibility index (Phi) is 17.6. The number of aliphatic carboxylic acids is 2. The fraction of sp³-hybridized carbons (Fsp3) is 0.375. The van der Waals surface area contributed by atoms with Crippen LogP contribution in [0.25, 0.3) is 21.8 Å². The maximum atomic E-state index is 11.5. The van der Waals surface area contributed by atoms with Crippen LogP contribution in [0, 0.1) is 11.8 Å². The van der Waals surface area contributed by atoms with E-state index in [1.807, 2.05) is 60.9 Å². The third-order valence-electron chi connectivity index (χ3n) is 11.2. The van der Waals surface area contributed by atoms with Crippen LogP contribution in [0.2, 0.25) is 0 Å². The Hall–Kier alpha value is -5.23. The first-order valence-electron chi connectivity index (χ1n) is 20.9. The number of carbonyl (C=O) groups excluding carboxylic acids is 2. The van der Waals surface area contributed by atoms with E-state index in [1.165, 1.54) is 13.8 Å². The SMILES string of the molecule is CC(C)C(C)(Oc1ccc(CCCn2ccc3cc(OS(C)(=O)=O)ccc32)cc1)C(=O)[O-].CC(C)C(C)(Oc1ccc(CCCn2ccc3cc(OS(C)(=O)=O)ccc32)cc1)C(=O)[O-].[Mg+2]. The molecule has 0 spiro atoms. The van der Waals surface area contributed by atoms with Crippen LogP contribution in [0.5, 0.6) is 23.0 Å². The molecule has 65 heavy (non-hydrogen) atoms. The first kappa shape index (κ1) is 52.4. The van der Waals surface area contributed by atoms with E-state index in [0.717, 1.165) is 84.2 Å². The fourth-order valence-corrected chi connectivity index (χ4v) is 7.74. The van der Waals surface area contributed by atoms with Crippen LogP contribution in [0.3, 0.4) is 0 Å². The molecule has 2 aromatic heterocycles. The molecule has 4 aromatic carbocycles. The van der Waals surface area contributed by atoms with Gasteiger partial charge in [0.05, 0.1) is 24.5 Å². The van der Waals surface area contributed by atoms with Crippen LogP contribution >= 0.6 is 0 Å². The van der Waals surface area contributed by atoms with E-state index >= 15 is 0 Å². The van der Waals surface area contributed by atoms with Crippen LogP contribution in [0.1, 0.15) is 65.5 Å². The van der Waals surface area contributed by atoms with Crippen molar-refractivity contribution < 1.29 is 54.5 Å². The third kappa shape index (κ3) is 14.4. The van der Waals surface area contributed by atoms with Gasteiger partial charge < -0.3 is 46.8 Å². The molecule has 0 aliphatic carbocycles. The number of nitrogens with zero attached hydrogens (tertiary/aromatic N) is 2. The van der Waals surface area contributed by atoms with Crippen molar-refractivity contribution in [3.8, 4) is 23.0 Å². The molecule has 14 nitrogen and oxygen atoms in total. The van der Waals surface area contributed by atoms with Gasteiger partial charge >= 0.3 is 43.3 Å². The maximum Gasteiger partial charge on any atom is 2.00 e. The van der Waals surface area contributed by atoms with Gasteiger partial charge in [0.15, 0.2) is 0 Å². The summed E-state index contributed by atoms with van der Waals surface area (Å²) < 4.78 is 70.8. The molecule has 0 fully saturated rings. The average Bonchev–Trinajstić information content (AvgIpc) is 3.80. The summed E-state index contributed by atoms with van der Waals surface area (Å²) in [4.78, 5) is 23.0. The first-order chi connectivity index (χ1) is 30.0. The van der Waals surface area contributed by atoms with Gasteiger partial charge in [0.25, 0.3) is 0 Å². The standard InChI is InChI=1S/2C24H29NO6S.Mg/c2*1-17(2)24(3,23(26)27)30-20-9-7-18(8-10-20)6-5-14-25-15-13-19-16-21(11-12-22(19)25)31-32(4,28)29;/h2*7-13,15-17H,5-6,14H2,1-4H3,(H,26,27);/q;;+2/p-2. The van der Waals surface area contributed by atoms with Gasteiger partial charge in [-0.1, -0.05) is 52.0 Å². The number of fused-ring (bicyclic) bond motifs is 2. The zero-order valence-electron chi connectivity index (χ0n) is 38.1. The summed E-state index contributed by atoms with van der Waals surface area (Å²) >= 11 is 0. The number of carbonyl (C=O) groups is 2. The molecule has 6 aromatic rings. The number of ether oxygens (including phenoxy) is 2. The van der Waals surface area contributed by atoms with Crippen molar-refractivity contribution >= 4 is 77.0 Å². The smallest absolute Gasteiger partial charge is 0.546 e. The summed E-state index contributed by atoms with van der Waals surface area (Å²) in [7, 11) is -7.11. The Balaban J connectivity index is 0.000000280. The molecule has 0 bridgehead atoms. The molecule has 0 radical (unpaired) electrons. The van der Waals surface area contributed by atoms with Crippen molar-refractivity contribution in [2.75, 3.05) is 12.5 Å². The zero-order valence-corrected chi connectivity index (χ0v) is 41.2. The van der Waals surface area contributed by atoms with E-state index in [0.29, 0.717) is 23.0 Å². The van der Waals surface area contributed by atoms with Crippen molar-refractivity contribution in [1.82, 2.24) is 9.13 Å². The predicted molar refractivity (Wildman–Crippen MR) is 248 cm³/mol. The van der Waals surface area contributed by atoms with E-state index in [2.05, 4.69) is 9.13 Å². The van der Waals surface area contributed by atoms with Crippen LogP contribution in [0.4, 0.5) is 0 Å². The number of hydrogen-bond donors (Lipinski definition) is 0. The van der Waals surface area contributed by atoms with Gasteiger partial charge in [0.1, 0.15) is 34.2 Å². The molecular weight excluding hydrogens is 885 g/mol. The Morgan fingerprint density at radius 1 is 0.554 bits per heavy atom. The van der Waals surface area contributed by atoms with Crippen molar-refractivity contribution in [3.63, 3.8) is 0 Å². The molecule has 0 saturated carbocycles. The summed E-state index contributed by atoms with van der Waals surface area (Å²) in [6.45, 7) is 11.8. The molecule has 0 amide bonds. The number of hydrogen-bond acceptors (Lipinski definition) is 12.